The molecular weight excluding hydrogens is 261 g/mol. The lowest BCUT2D eigenvalue weighted by atomic mass is 9.85. The second kappa shape index (κ2) is 6.25. The average Bonchev–Trinajstić information content (AvgIpc) is 2.57. The first-order chi connectivity index (χ1) is 7.43. The summed E-state index contributed by atoms with van der Waals surface area (Å²) in [5.74, 6) is 0.695. The molecule has 0 saturated carbocycles. The van der Waals surface area contributed by atoms with Crippen LogP contribution in [-0.2, 0) is 6.54 Å². The van der Waals surface area contributed by atoms with Crippen LogP contribution >= 0.6 is 34.5 Å². The summed E-state index contributed by atoms with van der Waals surface area (Å²) in [5.41, 5.74) is 0.232. The topological polar surface area (TPSA) is 12.0 Å². The molecule has 0 radical (unpaired) electrons. The second-order valence-corrected chi connectivity index (χ2v) is 7.16. The van der Waals surface area contributed by atoms with E-state index < -0.39 is 0 Å². The van der Waals surface area contributed by atoms with Crippen molar-refractivity contribution >= 4 is 34.5 Å². The van der Waals surface area contributed by atoms with Crippen LogP contribution in [0, 0.1) is 5.41 Å². The van der Waals surface area contributed by atoms with Gasteiger partial charge in [0.1, 0.15) is 0 Å². The van der Waals surface area contributed by atoms with Crippen LogP contribution in [0.25, 0.3) is 0 Å². The fraction of sp³-hybridized carbons (Fsp3) is 0.667. The number of thiophene rings is 1. The predicted octanol–water partition coefficient (Wildman–Crippen LogP) is 4.53. The Morgan fingerprint density at radius 2 is 2.06 bits per heavy atom. The first kappa shape index (κ1) is 14.3. The van der Waals surface area contributed by atoms with Crippen molar-refractivity contribution in [3.8, 4) is 0 Å². The largest absolute Gasteiger partial charge is 0.309 e. The van der Waals surface area contributed by atoms with E-state index in [0.29, 0.717) is 11.9 Å². The molecule has 1 nitrogen and oxygen atoms in total. The van der Waals surface area contributed by atoms with Gasteiger partial charge in [0.25, 0.3) is 0 Å². The summed E-state index contributed by atoms with van der Waals surface area (Å²) in [6.07, 6.45) is 0.990. The SMILES string of the molecule is CC(C)(C)C(CCCl)NCc1ccc(Cl)s1. The Morgan fingerprint density at radius 1 is 1.38 bits per heavy atom. The maximum absolute atomic E-state index is 5.90. The molecular formula is C12H19Cl2NS. The van der Waals surface area contributed by atoms with Crippen LogP contribution < -0.4 is 5.32 Å². The molecule has 0 aliphatic heterocycles. The summed E-state index contributed by atoms with van der Waals surface area (Å²) in [5, 5.41) is 3.56. The molecule has 0 amide bonds. The van der Waals surface area contributed by atoms with E-state index >= 15 is 0 Å². The summed E-state index contributed by atoms with van der Waals surface area (Å²) in [6.45, 7) is 7.58. The molecule has 1 aromatic rings. The lowest BCUT2D eigenvalue weighted by Crippen LogP contribution is -2.40. The van der Waals surface area contributed by atoms with Crippen molar-refractivity contribution in [3.05, 3.63) is 21.3 Å². The molecule has 0 aromatic carbocycles. The molecule has 0 saturated heterocycles. The Kier molecular flexibility index (Phi) is 5.58. The van der Waals surface area contributed by atoms with Crippen LogP contribution in [0.5, 0.6) is 0 Å². The molecule has 16 heavy (non-hydrogen) atoms. The zero-order valence-corrected chi connectivity index (χ0v) is 12.3. The van der Waals surface area contributed by atoms with Crippen molar-refractivity contribution in [3.63, 3.8) is 0 Å². The normalized spacial score (nSPS) is 14.1. The van der Waals surface area contributed by atoms with E-state index in [1.54, 1.807) is 11.3 Å². The third-order valence-corrected chi connectivity index (χ3v) is 4.04. The van der Waals surface area contributed by atoms with Crippen molar-refractivity contribution in [1.29, 1.82) is 0 Å². The highest BCUT2D eigenvalue weighted by atomic mass is 35.5. The van der Waals surface area contributed by atoms with E-state index in [2.05, 4.69) is 32.2 Å². The average molecular weight is 280 g/mol. The van der Waals surface area contributed by atoms with Gasteiger partial charge in [-0.2, -0.15) is 0 Å². The van der Waals surface area contributed by atoms with E-state index in [1.165, 1.54) is 4.88 Å². The molecule has 1 N–H and O–H groups in total. The minimum absolute atomic E-state index is 0.232. The highest BCUT2D eigenvalue weighted by Gasteiger charge is 2.23. The van der Waals surface area contributed by atoms with Crippen molar-refractivity contribution in [2.45, 2.75) is 39.8 Å². The van der Waals surface area contributed by atoms with Gasteiger partial charge in [0, 0.05) is 23.3 Å². The van der Waals surface area contributed by atoms with Crippen molar-refractivity contribution in [1.82, 2.24) is 5.32 Å². The number of nitrogens with one attached hydrogen (secondary N) is 1. The number of rotatable bonds is 5. The van der Waals surface area contributed by atoms with E-state index in [9.17, 15) is 0 Å². The first-order valence-corrected chi connectivity index (χ1v) is 7.20. The fourth-order valence-corrected chi connectivity index (χ4v) is 2.88. The molecule has 1 unspecified atom stereocenters. The van der Waals surface area contributed by atoms with Crippen LogP contribution in [0.1, 0.15) is 32.1 Å². The van der Waals surface area contributed by atoms with Crippen LogP contribution in [0.2, 0.25) is 4.34 Å². The smallest absolute Gasteiger partial charge is 0.0931 e. The molecule has 0 spiro atoms. The van der Waals surface area contributed by atoms with Gasteiger partial charge in [0.2, 0.25) is 0 Å². The van der Waals surface area contributed by atoms with E-state index in [0.717, 1.165) is 17.3 Å². The van der Waals surface area contributed by atoms with Crippen molar-refractivity contribution < 1.29 is 0 Å². The second-order valence-electron chi connectivity index (χ2n) is 4.98. The Labute approximate surface area is 112 Å². The van der Waals surface area contributed by atoms with Gasteiger partial charge >= 0.3 is 0 Å². The molecule has 0 aliphatic rings. The number of hydrogen-bond donors (Lipinski definition) is 1. The third kappa shape index (κ3) is 4.62. The van der Waals surface area contributed by atoms with Crippen LogP contribution in [0.4, 0.5) is 0 Å². The number of halogens is 2. The molecule has 0 aliphatic carbocycles. The monoisotopic (exact) mass is 279 g/mol. The lowest BCUT2D eigenvalue weighted by Gasteiger charge is -2.31. The van der Waals surface area contributed by atoms with Gasteiger partial charge in [-0.3, -0.25) is 0 Å². The Balaban J connectivity index is 2.50. The molecule has 1 atom stereocenters. The van der Waals surface area contributed by atoms with E-state index in [1.807, 2.05) is 6.07 Å². The van der Waals surface area contributed by atoms with Gasteiger partial charge in [-0.25, -0.2) is 0 Å². The van der Waals surface area contributed by atoms with Gasteiger partial charge in [0.15, 0.2) is 0 Å². The molecule has 92 valence electrons. The summed E-state index contributed by atoms with van der Waals surface area (Å²) < 4.78 is 0.849. The van der Waals surface area contributed by atoms with Crippen molar-refractivity contribution in [2.75, 3.05) is 5.88 Å². The fourth-order valence-electron chi connectivity index (χ4n) is 1.62. The van der Waals surface area contributed by atoms with Gasteiger partial charge < -0.3 is 5.32 Å². The minimum atomic E-state index is 0.232. The molecule has 0 bridgehead atoms. The lowest BCUT2D eigenvalue weighted by molar-refractivity contribution is 0.261. The summed E-state index contributed by atoms with van der Waals surface area (Å²) in [4.78, 5) is 1.27. The Hall–Kier alpha value is 0.240. The van der Waals surface area contributed by atoms with E-state index in [4.69, 9.17) is 23.2 Å². The van der Waals surface area contributed by atoms with Gasteiger partial charge in [0.05, 0.1) is 4.34 Å². The quantitative estimate of drug-likeness (QED) is 0.781. The van der Waals surface area contributed by atoms with E-state index in [-0.39, 0.29) is 5.41 Å². The Morgan fingerprint density at radius 3 is 2.50 bits per heavy atom. The molecule has 1 heterocycles. The summed E-state index contributed by atoms with van der Waals surface area (Å²) in [7, 11) is 0. The summed E-state index contributed by atoms with van der Waals surface area (Å²) in [6, 6.07) is 4.45. The predicted molar refractivity (Wildman–Crippen MR) is 74.7 cm³/mol. The molecule has 1 rings (SSSR count). The number of alkyl halides is 1. The molecule has 1 aromatic heterocycles. The first-order valence-electron chi connectivity index (χ1n) is 5.47. The van der Waals surface area contributed by atoms with Gasteiger partial charge in [-0.1, -0.05) is 32.4 Å². The van der Waals surface area contributed by atoms with Crippen LogP contribution in [-0.4, -0.2) is 11.9 Å². The van der Waals surface area contributed by atoms with Crippen LogP contribution in [0.3, 0.4) is 0 Å². The minimum Gasteiger partial charge on any atom is -0.309 e. The third-order valence-electron chi connectivity index (χ3n) is 2.59. The van der Waals surface area contributed by atoms with Crippen molar-refractivity contribution in [2.24, 2.45) is 5.41 Å². The number of hydrogen-bond acceptors (Lipinski definition) is 2. The highest BCUT2D eigenvalue weighted by Crippen LogP contribution is 2.25. The maximum atomic E-state index is 5.90. The van der Waals surface area contributed by atoms with Gasteiger partial charge in [-0.05, 0) is 24.0 Å². The molecule has 0 fully saturated rings. The Bertz CT molecular complexity index is 317. The van der Waals surface area contributed by atoms with Gasteiger partial charge in [-0.15, -0.1) is 22.9 Å². The zero-order chi connectivity index (χ0) is 12.2. The molecule has 4 heteroatoms. The standard InChI is InChI=1S/C12H19Cl2NS/c1-12(2,3)10(6-7-13)15-8-9-4-5-11(14)16-9/h4-5,10,15H,6-8H2,1-3H3. The van der Waals surface area contributed by atoms with Crippen LogP contribution in [0.15, 0.2) is 12.1 Å². The highest BCUT2D eigenvalue weighted by molar-refractivity contribution is 7.16. The summed E-state index contributed by atoms with van der Waals surface area (Å²) >= 11 is 13.4. The maximum Gasteiger partial charge on any atom is 0.0931 e. The zero-order valence-electron chi connectivity index (χ0n) is 10.0.